The van der Waals surface area contributed by atoms with Gasteiger partial charge in [0.05, 0.1) is 6.10 Å². The van der Waals surface area contributed by atoms with Crippen LogP contribution >= 0.6 is 0 Å². The van der Waals surface area contributed by atoms with Crippen LogP contribution in [0.5, 0.6) is 0 Å². The number of hydrogen-bond donors (Lipinski definition) is 4. The molecule has 5 N–H and O–H groups in total. The maximum absolute atomic E-state index is 9.19. The van der Waals surface area contributed by atoms with Crippen molar-refractivity contribution in [3.8, 4) is 0 Å². The third-order valence-corrected chi connectivity index (χ3v) is 1.78. The summed E-state index contributed by atoms with van der Waals surface area (Å²) < 4.78 is 4.84. The Morgan fingerprint density at radius 2 is 2.00 bits per heavy atom. The second-order valence-electron chi connectivity index (χ2n) is 2.66. The van der Waals surface area contributed by atoms with Crippen molar-refractivity contribution in [2.75, 3.05) is 6.54 Å². The van der Waals surface area contributed by atoms with Gasteiger partial charge in [-0.15, -0.1) is 0 Å². The summed E-state index contributed by atoms with van der Waals surface area (Å²) in [5.74, 6) is 0. The van der Waals surface area contributed by atoms with Gasteiger partial charge in [0.15, 0.2) is 6.29 Å². The average molecular weight is 163 g/mol. The molecule has 5 heteroatoms. The molecule has 0 amide bonds. The van der Waals surface area contributed by atoms with Crippen molar-refractivity contribution in [1.29, 1.82) is 0 Å². The molecule has 0 aromatic rings. The SMILES string of the molecule is NC[C@H]1O[C@@H](O)C[C@@H](O)[C@H]1O. The molecule has 1 fully saturated rings. The molecule has 1 aliphatic rings. The summed E-state index contributed by atoms with van der Waals surface area (Å²) >= 11 is 0. The third-order valence-electron chi connectivity index (χ3n) is 1.78. The molecule has 5 nitrogen and oxygen atoms in total. The van der Waals surface area contributed by atoms with Crippen molar-refractivity contribution in [2.45, 2.75) is 31.0 Å². The van der Waals surface area contributed by atoms with E-state index >= 15 is 0 Å². The number of ether oxygens (including phenoxy) is 1. The Kier molecular flexibility index (Phi) is 2.80. The molecule has 0 unspecified atom stereocenters. The van der Waals surface area contributed by atoms with Crippen LogP contribution in [0, 0.1) is 0 Å². The number of rotatable bonds is 1. The zero-order valence-corrected chi connectivity index (χ0v) is 6.05. The first-order chi connectivity index (χ1) is 5.15. The molecule has 0 saturated carbocycles. The van der Waals surface area contributed by atoms with E-state index < -0.39 is 24.6 Å². The van der Waals surface area contributed by atoms with Crippen LogP contribution < -0.4 is 5.73 Å². The highest BCUT2D eigenvalue weighted by atomic mass is 16.6. The fourth-order valence-corrected chi connectivity index (χ4v) is 1.13. The van der Waals surface area contributed by atoms with Crippen molar-refractivity contribution in [2.24, 2.45) is 5.73 Å². The maximum Gasteiger partial charge on any atom is 0.157 e. The summed E-state index contributed by atoms with van der Waals surface area (Å²) in [6.07, 6.45) is -3.55. The molecule has 1 heterocycles. The van der Waals surface area contributed by atoms with Crippen LogP contribution in [0.2, 0.25) is 0 Å². The highest BCUT2D eigenvalue weighted by molar-refractivity contribution is 4.82. The van der Waals surface area contributed by atoms with Gasteiger partial charge in [-0.1, -0.05) is 0 Å². The number of hydrogen-bond acceptors (Lipinski definition) is 5. The highest BCUT2D eigenvalue weighted by Gasteiger charge is 2.34. The minimum atomic E-state index is -1.01. The maximum atomic E-state index is 9.19. The Balaban J connectivity index is 2.51. The van der Waals surface area contributed by atoms with E-state index in [-0.39, 0.29) is 13.0 Å². The first-order valence-corrected chi connectivity index (χ1v) is 3.55. The fourth-order valence-electron chi connectivity index (χ4n) is 1.13. The van der Waals surface area contributed by atoms with E-state index in [9.17, 15) is 5.11 Å². The van der Waals surface area contributed by atoms with Gasteiger partial charge < -0.3 is 25.8 Å². The molecule has 0 bridgehead atoms. The minimum absolute atomic E-state index is 0.0394. The average Bonchev–Trinajstić information content (AvgIpc) is 1.96. The van der Waals surface area contributed by atoms with E-state index in [0.29, 0.717) is 0 Å². The third kappa shape index (κ3) is 1.88. The molecule has 4 atom stereocenters. The van der Waals surface area contributed by atoms with Crippen LogP contribution in [0.4, 0.5) is 0 Å². The summed E-state index contributed by atoms with van der Waals surface area (Å²) in [7, 11) is 0. The summed E-state index contributed by atoms with van der Waals surface area (Å²) in [4.78, 5) is 0. The Morgan fingerprint density at radius 1 is 1.36 bits per heavy atom. The Bertz CT molecular complexity index is 132. The van der Waals surface area contributed by atoms with Gasteiger partial charge in [0, 0.05) is 13.0 Å². The van der Waals surface area contributed by atoms with Gasteiger partial charge in [0.2, 0.25) is 0 Å². The fraction of sp³-hybridized carbons (Fsp3) is 1.00. The zero-order chi connectivity index (χ0) is 8.43. The molecule has 0 radical (unpaired) electrons. The lowest BCUT2D eigenvalue weighted by atomic mass is 10.0. The van der Waals surface area contributed by atoms with Crippen molar-refractivity contribution in [1.82, 2.24) is 0 Å². The number of nitrogens with two attached hydrogens (primary N) is 1. The van der Waals surface area contributed by atoms with Crippen LogP contribution in [0.3, 0.4) is 0 Å². The molecule has 0 spiro atoms. The topological polar surface area (TPSA) is 95.9 Å². The van der Waals surface area contributed by atoms with Gasteiger partial charge in [-0.25, -0.2) is 0 Å². The second-order valence-corrected chi connectivity index (χ2v) is 2.66. The van der Waals surface area contributed by atoms with Crippen molar-refractivity contribution >= 4 is 0 Å². The lowest BCUT2D eigenvalue weighted by Gasteiger charge is -2.34. The summed E-state index contributed by atoms with van der Waals surface area (Å²) in [6, 6.07) is 0. The van der Waals surface area contributed by atoms with Crippen LogP contribution in [0.25, 0.3) is 0 Å². The summed E-state index contributed by atoms with van der Waals surface area (Å²) in [6.45, 7) is 0.0925. The van der Waals surface area contributed by atoms with Crippen LogP contribution in [-0.4, -0.2) is 46.5 Å². The van der Waals surface area contributed by atoms with Crippen molar-refractivity contribution in [3.05, 3.63) is 0 Å². The molecule has 0 aromatic heterocycles. The van der Waals surface area contributed by atoms with E-state index in [2.05, 4.69) is 0 Å². The van der Waals surface area contributed by atoms with Gasteiger partial charge in [-0.05, 0) is 0 Å². The van der Waals surface area contributed by atoms with Crippen LogP contribution in [0.1, 0.15) is 6.42 Å². The molecule has 0 aliphatic carbocycles. The summed E-state index contributed by atoms with van der Waals surface area (Å²) in [5.41, 5.74) is 5.21. The molecule has 1 rings (SSSR count). The Morgan fingerprint density at radius 3 is 2.55 bits per heavy atom. The van der Waals surface area contributed by atoms with E-state index in [4.69, 9.17) is 20.7 Å². The van der Waals surface area contributed by atoms with Gasteiger partial charge in [-0.3, -0.25) is 0 Å². The Labute approximate surface area is 64.4 Å². The van der Waals surface area contributed by atoms with E-state index in [0.717, 1.165) is 0 Å². The quantitative estimate of drug-likeness (QED) is 0.351. The first kappa shape index (κ1) is 8.89. The highest BCUT2D eigenvalue weighted by Crippen LogP contribution is 2.17. The molecule has 1 aliphatic heterocycles. The molecular weight excluding hydrogens is 150 g/mol. The van der Waals surface area contributed by atoms with E-state index in [1.807, 2.05) is 0 Å². The molecular formula is C6H13NO4. The Hall–Kier alpha value is -0.200. The standard InChI is InChI=1S/C6H13NO4/c7-2-4-6(10)3(8)1-5(9)11-4/h3-6,8-10H,1-2,7H2/t3-,4-,5-,6-/m1/s1. The smallest absolute Gasteiger partial charge is 0.157 e. The van der Waals surface area contributed by atoms with Gasteiger partial charge in [0.1, 0.15) is 12.2 Å². The molecule has 1 saturated heterocycles. The number of aliphatic hydroxyl groups is 3. The predicted octanol–water partition coefficient (Wildman–Crippen LogP) is -2.23. The van der Waals surface area contributed by atoms with E-state index in [1.54, 1.807) is 0 Å². The summed E-state index contributed by atoms with van der Waals surface area (Å²) in [5, 5.41) is 27.2. The first-order valence-electron chi connectivity index (χ1n) is 3.55. The lowest BCUT2D eigenvalue weighted by Crippen LogP contribution is -2.51. The second kappa shape index (κ2) is 3.46. The normalized spacial score (nSPS) is 45.8. The van der Waals surface area contributed by atoms with Gasteiger partial charge in [-0.2, -0.15) is 0 Å². The lowest BCUT2D eigenvalue weighted by molar-refractivity contribution is -0.228. The van der Waals surface area contributed by atoms with Gasteiger partial charge >= 0.3 is 0 Å². The molecule has 11 heavy (non-hydrogen) atoms. The van der Waals surface area contributed by atoms with Crippen LogP contribution in [0.15, 0.2) is 0 Å². The monoisotopic (exact) mass is 163 g/mol. The van der Waals surface area contributed by atoms with Crippen molar-refractivity contribution < 1.29 is 20.1 Å². The van der Waals surface area contributed by atoms with Crippen molar-refractivity contribution in [3.63, 3.8) is 0 Å². The molecule has 66 valence electrons. The number of aliphatic hydroxyl groups excluding tert-OH is 3. The van der Waals surface area contributed by atoms with E-state index in [1.165, 1.54) is 0 Å². The van der Waals surface area contributed by atoms with Crippen LogP contribution in [-0.2, 0) is 4.74 Å². The predicted molar refractivity (Wildman–Crippen MR) is 36.6 cm³/mol. The van der Waals surface area contributed by atoms with Gasteiger partial charge in [0.25, 0.3) is 0 Å². The molecule has 0 aromatic carbocycles. The minimum Gasteiger partial charge on any atom is -0.390 e. The largest absolute Gasteiger partial charge is 0.390 e. The zero-order valence-electron chi connectivity index (χ0n) is 6.05.